The van der Waals surface area contributed by atoms with Gasteiger partial charge in [-0.05, 0) is 11.2 Å². The molecule has 3 nitrogen and oxygen atoms in total. The van der Waals surface area contributed by atoms with Crippen molar-refractivity contribution in [3.05, 3.63) is 71.8 Å². The van der Waals surface area contributed by atoms with Gasteiger partial charge in [-0.2, -0.15) is 0 Å². The predicted octanol–water partition coefficient (Wildman–Crippen LogP) is 2.76. The Labute approximate surface area is 115 Å². The van der Waals surface area contributed by atoms with Crippen LogP contribution in [0, 0.1) is 0 Å². The molecule has 2 rings (SSSR count). The molecule has 0 radical (unpaired) electrons. The number of carboxylic acid groups (broad SMARTS) is 1. The highest BCUT2D eigenvalue weighted by molar-refractivity contribution is 7.91. The first-order valence-electron chi connectivity index (χ1n) is 5.87. The van der Waals surface area contributed by atoms with Crippen LogP contribution in [0.4, 0.5) is 0 Å². The first-order valence-corrected chi connectivity index (χ1v) is 7.25. The van der Waals surface area contributed by atoms with Crippen molar-refractivity contribution < 1.29 is 14.5 Å². The van der Waals surface area contributed by atoms with Gasteiger partial charge in [-0.25, -0.2) is 4.79 Å². The second-order valence-electron chi connectivity index (χ2n) is 4.14. The summed E-state index contributed by atoms with van der Waals surface area (Å²) in [5.74, 6) is -0.812. The summed E-state index contributed by atoms with van der Waals surface area (Å²) in [6, 6.07) is 18.0. The van der Waals surface area contributed by atoms with Crippen molar-refractivity contribution in [1.82, 2.24) is 0 Å². The molecule has 0 saturated carbocycles. The quantitative estimate of drug-likeness (QED) is 0.853. The Morgan fingerprint density at radius 3 is 2.11 bits per heavy atom. The van der Waals surface area contributed by atoms with Crippen LogP contribution in [-0.2, 0) is 21.7 Å². The van der Waals surface area contributed by atoms with E-state index >= 15 is 0 Å². The van der Waals surface area contributed by atoms with Gasteiger partial charge in [0.05, 0.1) is 0 Å². The van der Waals surface area contributed by atoms with E-state index in [1.165, 1.54) is 0 Å². The largest absolute Gasteiger partial charge is 0.615 e. The number of rotatable bonds is 5. The fourth-order valence-electron chi connectivity index (χ4n) is 1.86. The van der Waals surface area contributed by atoms with Crippen molar-refractivity contribution in [3.63, 3.8) is 0 Å². The Hall–Kier alpha value is -1.78. The van der Waals surface area contributed by atoms with Crippen LogP contribution in [0.1, 0.15) is 16.4 Å². The van der Waals surface area contributed by atoms with Crippen LogP contribution in [0.3, 0.4) is 0 Å². The monoisotopic (exact) mass is 274 g/mol. The molecule has 98 valence electrons. The summed E-state index contributed by atoms with van der Waals surface area (Å²) >= 11 is -1.49. The van der Waals surface area contributed by atoms with E-state index in [1.54, 1.807) is 24.3 Å². The summed E-state index contributed by atoms with van der Waals surface area (Å²) in [7, 11) is 0. The van der Waals surface area contributed by atoms with Crippen LogP contribution in [0.25, 0.3) is 0 Å². The van der Waals surface area contributed by atoms with Gasteiger partial charge < -0.3 is 9.66 Å². The zero-order valence-corrected chi connectivity index (χ0v) is 11.0. The SMILES string of the molecule is O=C(O)C(c1ccccc1)[S+]([O-])Cc1ccccc1. The van der Waals surface area contributed by atoms with E-state index < -0.39 is 22.4 Å². The molecule has 0 spiro atoms. The van der Waals surface area contributed by atoms with E-state index in [-0.39, 0.29) is 5.75 Å². The maximum Gasteiger partial charge on any atom is 0.361 e. The lowest BCUT2D eigenvalue weighted by atomic mass is 10.1. The van der Waals surface area contributed by atoms with Crippen LogP contribution in [0.5, 0.6) is 0 Å². The number of carbonyl (C=O) groups is 1. The Morgan fingerprint density at radius 1 is 1.05 bits per heavy atom. The highest BCUT2D eigenvalue weighted by Crippen LogP contribution is 2.26. The minimum absolute atomic E-state index is 0.243. The standard InChI is InChI=1S/C15H14O3S/c16-15(17)14(13-9-5-2-6-10-13)19(18)11-12-7-3-1-4-8-12/h1-10,14H,11H2,(H,16,17). The maximum atomic E-state index is 12.3. The number of hydrogen-bond donors (Lipinski definition) is 1. The summed E-state index contributed by atoms with van der Waals surface area (Å²) < 4.78 is 12.3. The summed E-state index contributed by atoms with van der Waals surface area (Å²) in [6.45, 7) is 0. The van der Waals surface area contributed by atoms with E-state index in [2.05, 4.69) is 0 Å². The van der Waals surface area contributed by atoms with E-state index in [1.807, 2.05) is 36.4 Å². The van der Waals surface area contributed by atoms with Gasteiger partial charge in [0.1, 0.15) is 5.75 Å². The van der Waals surface area contributed by atoms with Gasteiger partial charge in [0.2, 0.25) is 5.25 Å². The predicted molar refractivity (Wildman–Crippen MR) is 75.1 cm³/mol. The molecular formula is C15H14O3S. The van der Waals surface area contributed by atoms with Gasteiger partial charge in [-0.3, -0.25) is 0 Å². The summed E-state index contributed by atoms with van der Waals surface area (Å²) in [5.41, 5.74) is 1.45. The molecule has 0 aliphatic rings. The highest BCUT2D eigenvalue weighted by Gasteiger charge is 2.32. The maximum absolute atomic E-state index is 12.3. The molecule has 0 aliphatic carbocycles. The molecule has 0 bridgehead atoms. The van der Waals surface area contributed by atoms with Crippen molar-refractivity contribution in [1.29, 1.82) is 0 Å². The average molecular weight is 274 g/mol. The topological polar surface area (TPSA) is 60.4 Å². The molecule has 2 aromatic carbocycles. The lowest BCUT2D eigenvalue weighted by Crippen LogP contribution is -2.23. The minimum atomic E-state index is -1.49. The molecule has 0 heterocycles. The van der Waals surface area contributed by atoms with Crippen molar-refractivity contribution in [2.45, 2.75) is 11.0 Å². The molecule has 2 aromatic rings. The number of carboxylic acids is 1. The van der Waals surface area contributed by atoms with Crippen LogP contribution in [0.15, 0.2) is 60.7 Å². The molecule has 0 aromatic heterocycles. The van der Waals surface area contributed by atoms with Gasteiger partial charge in [-0.15, -0.1) is 0 Å². The molecule has 0 amide bonds. The summed E-state index contributed by atoms with van der Waals surface area (Å²) in [5, 5.41) is 8.30. The lowest BCUT2D eigenvalue weighted by molar-refractivity contribution is -0.136. The van der Waals surface area contributed by atoms with Crippen LogP contribution in [-0.4, -0.2) is 15.6 Å². The van der Waals surface area contributed by atoms with E-state index in [9.17, 15) is 14.5 Å². The number of aliphatic carboxylic acids is 1. The van der Waals surface area contributed by atoms with Crippen molar-refractivity contribution in [3.8, 4) is 0 Å². The Bertz CT molecular complexity index is 528. The third-order valence-corrected chi connectivity index (χ3v) is 4.36. The van der Waals surface area contributed by atoms with E-state index in [0.717, 1.165) is 5.56 Å². The fourth-order valence-corrected chi connectivity index (χ4v) is 3.23. The Morgan fingerprint density at radius 2 is 1.58 bits per heavy atom. The second kappa shape index (κ2) is 6.41. The van der Waals surface area contributed by atoms with Crippen molar-refractivity contribution in [2.75, 3.05) is 0 Å². The zero-order valence-electron chi connectivity index (χ0n) is 10.2. The molecule has 0 saturated heterocycles. The second-order valence-corrected chi connectivity index (χ2v) is 5.66. The Balaban J connectivity index is 2.18. The van der Waals surface area contributed by atoms with Gasteiger partial charge >= 0.3 is 5.97 Å². The molecule has 0 fully saturated rings. The third-order valence-electron chi connectivity index (χ3n) is 2.74. The van der Waals surface area contributed by atoms with Crippen LogP contribution < -0.4 is 0 Å². The molecule has 1 N–H and O–H groups in total. The van der Waals surface area contributed by atoms with Gasteiger partial charge in [0, 0.05) is 11.1 Å². The normalized spacial score (nSPS) is 13.7. The number of hydrogen-bond acceptors (Lipinski definition) is 2. The van der Waals surface area contributed by atoms with Crippen LogP contribution >= 0.6 is 0 Å². The molecule has 2 unspecified atom stereocenters. The molecule has 2 atom stereocenters. The van der Waals surface area contributed by atoms with Crippen molar-refractivity contribution >= 4 is 17.1 Å². The van der Waals surface area contributed by atoms with Gasteiger partial charge in [0.25, 0.3) is 0 Å². The molecular weight excluding hydrogens is 260 g/mol. The fraction of sp³-hybridized carbons (Fsp3) is 0.133. The minimum Gasteiger partial charge on any atom is -0.615 e. The summed E-state index contributed by atoms with van der Waals surface area (Å²) in [4.78, 5) is 11.3. The lowest BCUT2D eigenvalue weighted by Gasteiger charge is -2.18. The molecule has 4 heteroatoms. The zero-order chi connectivity index (χ0) is 13.7. The van der Waals surface area contributed by atoms with Gasteiger partial charge in [-0.1, -0.05) is 60.7 Å². The van der Waals surface area contributed by atoms with E-state index in [0.29, 0.717) is 5.56 Å². The van der Waals surface area contributed by atoms with Crippen LogP contribution in [0.2, 0.25) is 0 Å². The van der Waals surface area contributed by atoms with E-state index in [4.69, 9.17) is 0 Å². The Kier molecular flexibility index (Phi) is 4.60. The van der Waals surface area contributed by atoms with Crippen molar-refractivity contribution in [2.24, 2.45) is 0 Å². The molecule has 0 aliphatic heterocycles. The molecule has 19 heavy (non-hydrogen) atoms. The van der Waals surface area contributed by atoms with Gasteiger partial charge in [0.15, 0.2) is 0 Å². The highest BCUT2D eigenvalue weighted by atomic mass is 32.2. The first-order chi connectivity index (χ1) is 9.18. The average Bonchev–Trinajstić information content (AvgIpc) is 2.40. The smallest absolute Gasteiger partial charge is 0.361 e. The third kappa shape index (κ3) is 3.59. The number of benzene rings is 2. The summed E-state index contributed by atoms with van der Waals surface area (Å²) in [6.07, 6.45) is 0. The first kappa shape index (κ1) is 13.6.